The number of hydrogen-bond acceptors (Lipinski definition) is 5. The molecule has 1 heterocycles. The Kier molecular flexibility index (Phi) is 5.46. The van der Waals surface area contributed by atoms with Gasteiger partial charge in [-0.3, -0.25) is 9.59 Å². The van der Waals surface area contributed by atoms with Crippen molar-refractivity contribution in [3.05, 3.63) is 34.2 Å². The lowest BCUT2D eigenvalue weighted by atomic mass is 9.99. The number of thiazole rings is 1. The van der Waals surface area contributed by atoms with Crippen molar-refractivity contribution in [1.29, 1.82) is 0 Å². The van der Waals surface area contributed by atoms with Crippen molar-refractivity contribution in [2.45, 2.75) is 20.8 Å². The minimum Gasteiger partial charge on any atom is -0.346 e. The van der Waals surface area contributed by atoms with Crippen LogP contribution in [0.15, 0.2) is 17.5 Å². The van der Waals surface area contributed by atoms with E-state index in [4.69, 9.17) is 5.73 Å². The Hall–Kier alpha value is -2.25. The van der Waals surface area contributed by atoms with Crippen molar-refractivity contribution in [3.8, 4) is 11.3 Å². The van der Waals surface area contributed by atoms with Crippen LogP contribution in [0, 0.1) is 20.8 Å². The van der Waals surface area contributed by atoms with Gasteiger partial charge in [0.2, 0.25) is 11.8 Å². The van der Waals surface area contributed by atoms with Crippen LogP contribution in [0.1, 0.15) is 16.7 Å². The first kappa shape index (κ1) is 17.1. The van der Waals surface area contributed by atoms with Gasteiger partial charge in [0, 0.05) is 10.9 Å². The highest BCUT2D eigenvalue weighted by atomic mass is 32.1. The molecule has 1 aromatic carbocycles. The van der Waals surface area contributed by atoms with Crippen LogP contribution in [-0.4, -0.2) is 29.9 Å². The van der Waals surface area contributed by atoms with E-state index in [9.17, 15) is 9.59 Å². The predicted octanol–water partition coefficient (Wildman–Crippen LogP) is 1.75. The molecule has 0 unspecified atom stereocenters. The molecule has 0 aliphatic rings. The first-order chi connectivity index (χ1) is 10.9. The lowest BCUT2D eigenvalue weighted by Gasteiger charge is -2.07. The molecule has 4 N–H and O–H groups in total. The maximum absolute atomic E-state index is 11.7. The number of hydrogen-bond donors (Lipinski definition) is 3. The summed E-state index contributed by atoms with van der Waals surface area (Å²) in [4.78, 5) is 27.2. The molecule has 0 radical (unpaired) electrons. The molecular weight excluding hydrogens is 312 g/mol. The molecule has 0 spiro atoms. The van der Waals surface area contributed by atoms with Gasteiger partial charge in [-0.1, -0.05) is 6.07 Å². The molecule has 1 aromatic heterocycles. The third-order valence-electron chi connectivity index (χ3n) is 3.50. The van der Waals surface area contributed by atoms with E-state index in [1.807, 2.05) is 12.3 Å². The highest BCUT2D eigenvalue weighted by Crippen LogP contribution is 2.29. The van der Waals surface area contributed by atoms with Crippen LogP contribution in [0.4, 0.5) is 5.13 Å². The number of carbonyl (C=O) groups excluding carboxylic acids is 2. The average molecular weight is 332 g/mol. The van der Waals surface area contributed by atoms with Gasteiger partial charge < -0.3 is 16.4 Å². The largest absolute Gasteiger partial charge is 0.346 e. The minimum absolute atomic E-state index is 0.117. The molecule has 0 saturated heterocycles. The van der Waals surface area contributed by atoms with Gasteiger partial charge in [-0.2, -0.15) is 0 Å². The van der Waals surface area contributed by atoms with E-state index in [2.05, 4.69) is 41.6 Å². The van der Waals surface area contributed by atoms with Crippen molar-refractivity contribution in [3.63, 3.8) is 0 Å². The van der Waals surface area contributed by atoms with E-state index in [1.54, 1.807) is 0 Å². The number of nitrogens with two attached hydrogens (primary N) is 1. The fourth-order valence-electron chi connectivity index (χ4n) is 2.11. The van der Waals surface area contributed by atoms with Crippen molar-refractivity contribution in [2.24, 2.45) is 5.73 Å². The zero-order chi connectivity index (χ0) is 17.0. The molecule has 0 atom stereocenters. The molecular formula is C16H20N4O2S. The van der Waals surface area contributed by atoms with Crippen LogP contribution in [-0.2, 0) is 9.59 Å². The lowest BCUT2D eigenvalue weighted by molar-refractivity contribution is -0.123. The smallest absolute Gasteiger partial charge is 0.245 e. The monoisotopic (exact) mass is 332 g/mol. The van der Waals surface area contributed by atoms with E-state index in [0.717, 1.165) is 16.8 Å². The average Bonchev–Trinajstić information content (AvgIpc) is 2.96. The number of aryl methyl sites for hydroxylation is 3. The van der Waals surface area contributed by atoms with E-state index in [-0.39, 0.29) is 24.9 Å². The van der Waals surface area contributed by atoms with E-state index in [0.29, 0.717) is 5.13 Å². The second kappa shape index (κ2) is 7.34. The van der Waals surface area contributed by atoms with Crippen LogP contribution in [0.5, 0.6) is 0 Å². The fraction of sp³-hybridized carbons (Fsp3) is 0.312. The third-order valence-corrected chi connectivity index (χ3v) is 4.26. The molecule has 0 bridgehead atoms. The van der Waals surface area contributed by atoms with Crippen LogP contribution in [0.25, 0.3) is 11.3 Å². The number of nitrogens with one attached hydrogen (secondary N) is 2. The van der Waals surface area contributed by atoms with E-state index in [1.165, 1.54) is 22.5 Å². The quantitative estimate of drug-likeness (QED) is 0.777. The molecule has 2 aromatic rings. The molecule has 6 nitrogen and oxygen atoms in total. The first-order valence-electron chi connectivity index (χ1n) is 7.21. The van der Waals surface area contributed by atoms with Gasteiger partial charge in [0.1, 0.15) is 0 Å². The summed E-state index contributed by atoms with van der Waals surface area (Å²) in [5, 5.41) is 7.50. The number of aromatic nitrogens is 1. The topological polar surface area (TPSA) is 97.1 Å². The second-order valence-electron chi connectivity index (χ2n) is 5.32. The minimum atomic E-state index is -0.370. The van der Waals surface area contributed by atoms with Gasteiger partial charge in [0.05, 0.1) is 18.8 Å². The SMILES string of the molecule is Cc1cc(C)c(-c2csc(NC(=O)CNC(=O)CN)n2)cc1C. The number of nitrogens with zero attached hydrogens (tertiary/aromatic N) is 1. The highest BCUT2D eigenvalue weighted by molar-refractivity contribution is 7.14. The molecule has 2 rings (SSSR count). The van der Waals surface area contributed by atoms with Crippen molar-refractivity contribution in [1.82, 2.24) is 10.3 Å². The Morgan fingerprint density at radius 2 is 1.83 bits per heavy atom. The summed E-state index contributed by atoms with van der Waals surface area (Å²) in [6.45, 7) is 5.93. The van der Waals surface area contributed by atoms with Crippen molar-refractivity contribution in [2.75, 3.05) is 18.4 Å². The number of benzene rings is 1. The summed E-state index contributed by atoms with van der Waals surface area (Å²) in [7, 11) is 0. The Morgan fingerprint density at radius 3 is 2.52 bits per heavy atom. The Bertz CT molecular complexity index is 740. The standard InChI is InChI=1S/C16H20N4O2S/c1-9-4-11(3)12(5-10(9)2)13-8-23-16(19-13)20-15(22)7-18-14(21)6-17/h4-5,8H,6-7,17H2,1-3H3,(H,18,21)(H,19,20,22). The number of rotatable bonds is 5. The zero-order valence-electron chi connectivity index (χ0n) is 13.4. The normalized spacial score (nSPS) is 10.4. The summed E-state index contributed by atoms with van der Waals surface area (Å²) in [5.41, 5.74) is 10.6. The summed E-state index contributed by atoms with van der Waals surface area (Å²) in [6.07, 6.45) is 0. The molecule has 23 heavy (non-hydrogen) atoms. The highest BCUT2D eigenvalue weighted by Gasteiger charge is 2.11. The molecule has 2 amide bonds. The summed E-state index contributed by atoms with van der Waals surface area (Å²) in [6, 6.07) is 4.23. The van der Waals surface area contributed by atoms with Gasteiger partial charge in [-0.05, 0) is 43.5 Å². The van der Waals surface area contributed by atoms with Crippen LogP contribution in [0.3, 0.4) is 0 Å². The molecule has 0 saturated carbocycles. The summed E-state index contributed by atoms with van der Waals surface area (Å²) < 4.78 is 0. The van der Waals surface area contributed by atoms with Crippen LogP contribution in [0.2, 0.25) is 0 Å². The van der Waals surface area contributed by atoms with Crippen LogP contribution < -0.4 is 16.4 Å². The number of anilines is 1. The Labute approximate surface area is 139 Å². The zero-order valence-corrected chi connectivity index (χ0v) is 14.2. The maximum Gasteiger partial charge on any atom is 0.245 e. The fourth-order valence-corrected chi connectivity index (χ4v) is 2.83. The Balaban J connectivity index is 2.08. The second-order valence-corrected chi connectivity index (χ2v) is 6.18. The van der Waals surface area contributed by atoms with E-state index < -0.39 is 0 Å². The number of carbonyl (C=O) groups is 2. The van der Waals surface area contributed by atoms with Crippen molar-refractivity contribution < 1.29 is 9.59 Å². The predicted molar refractivity (Wildman–Crippen MR) is 92.5 cm³/mol. The molecule has 7 heteroatoms. The molecule has 0 aliphatic heterocycles. The van der Waals surface area contributed by atoms with Gasteiger partial charge >= 0.3 is 0 Å². The lowest BCUT2D eigenvalue weighted by Crippen LogP contribution is -2.36. The third kappa shape index (κ3) is 4.37. The van der Waals surface area contributed by atoms with Crippen molar-refractivity contribution >= 4 is 28.3 Å². The Morgan fingerprint density at radius 1 is 1.13 bits per heavy atom. The molecule has 122 valence electrons. The van der Waals surface area contributed by atoms with E-state index >= 15 is 0 Å². The number of amides is 2. The maximum atomic E-state index is 11.7. The van der Waals surface area contributed by atoms with Gasteiger partial charge in [0.25, 0.3) is 0 Å². The molecule has 0 fully saturated rings. The molecule has 0 aliphatic carbocycles. The summed E-state index contributed by atoms with van der Waals surface area (Å²) >= 11 is 1.35. The van der Waals surface area contributed by atoms with Crippen LogP contribution >= 0.6 is 11.3 Å². The summed E-state index contributed by atoms with van der Waals surface area (Å²) in [5.74, 6) is -0.699. The first-order valence-corrected chi connectivity index (χ1v) is 8.09. The van der Waals surface area contributed by atoms with Gasteiger partial charge in [-0.25, -0.2) is 4.98 Å². The van der Waals surface area contributed by atoms with Gasteiger partial charge in [0.15, 0.2) is 5.13 Å². The van der Waals surface area contributed by atoms with Gasteiger partial charge in [-0.15, -0.1) is 11.3 Å².